The van der Waals surface area contributed by atoms with Crippen molar-refractivity contribution in [2.75, 3.05) is 47.6 Å². The van der Waals surface area contributed by atoms with Crippen molar-refractivity contribution in [3.63, 3.8) is 0 Å². The van der Waals surface area contributed by atoms with Gasteiger partial charge < -0.3 is 64.0 Å². The molecule has 470 valence electrons. The van der Waals surface area contributed by atoms with Crippen LogP contribution in [-0.2, 0) is 63.7 Å². The Labute approximate surface area is 497 Å². The summed E-state index contributed by atoms with van der Waals surface area (Å²) < 4.78 is 42.0. The van der Waals surface area contributed by atoms with Gasteiger partial charge in [-0.25, -0.2) is 19.6 Å². The van der Waals surface area contributed by atoms with Gasteiger partial charge in [-0.15, -0.1) is 0 Å². The number of nitrogens with zero attached hydrogens (tertiary/aromatic N) is 3. The van der Waals surface area contributed by atoms with Gasteiger partial charge >= 0.3 is 12.1 Å². The molecular weight excluding hydrogens is 1080 g/mol. The average molecular weight is 1180 g/mol. The number of allylic oxidation sites excluding steroid dienone is 5. The summed E-state index contributed by atoms with van der Waals surface area (Å²) in [5, 5.41) is 40.2. The molecule has 0 radical (unpaired) electrons. The van der Waals surface area contributed by atoms with Crippen molar-refractivity contribution in [3.8, 4) is 0 Å². The largest absolute Gasteiger partial charge is 0.460 e. The van der Waals surface area contributed by atoms with E-state index in [1.165, 1.54) is 12.0 Å². The topological polar surface area (TPSA) is 281 Å². The Morgan fingerprint density at radius 1 is 0.810 bits per heavy atom. The van der Waals surface area contributed by atoms with Crippen molar-refractivity contribution in [1.82, 2.24) is 25.5 Å². The maximum absolute atomic E-state index is 14.8. The number of aryl methyl sites for hydroxylation is 1. The smallest absolute Gasteiger partial charge is 0.407 e. The maximum atomic E-state index is 14.8. The highest BCUT2D eigenvalue weighted by Crippen LogP contribution is 2.38. The summed E-state index contributed by atoms with van der Waals surface area (Å²) in [7, 11) is 4.66. The molecule has 1 unspecified atom stereocenters. The van der Waals surface area contributed by atoms with Crippen LogP contribution in [0.4, 0.5) is 4.79 Å². The molecule has 0 aromatic carbocycles. The third-order valence-electron chi connectivity index (χ3n) is 17.3. The van der Waals surface area contributed by atoms with Crippen LogP contribution in [0, 0.1) is 42.4 Å². The monoisotopic (exact) mass is 1180 g/mol. The van der Waals surface area contributed by atoms with E-state index < -0.39 is 108 Å². The molecule has 5 N–H and O–H groups in total. The number of piperidine rings is 1. The van der Waals surface area contributed by atoms with Gasteiger partial charge in [0.05, 0.1) is 37.6 Å². The molecule has 3 amide bonds. The van der Waals surface area contributed by atoms with Crippen LogP contribution in [0.2, 0.25) is 0 Å². The zero-order valence-corrected chi connectivity index (χ0v) is 51.5. The summed E-state index contributed by atoms with van der Waals surface area (Å²) in [6.45, 7) is 15.4. The first-order valence-corrected chi connectivity index (χ1v) is 30.2. The number of carbonyl (C=O) groups excluding carboxylic acids is 6. The van der Waals surface area contributed by atoms with Gasteiger partial charge in [-0.3, -0.25) is 19.2 Å². The number of carbonyl (C=O) groups is 6. The minimum atomic E-state index is -2.45. The van der Waals surface area contributed by atoms with E-state index in [0.717, 1.165) is 11.1 Å². The first kappa shape index (κ1) is 69.5. The molecular formula is C63H97N5O16. The van der Waals surface area contributed by atoms with Gasteiger partial charge in [-0.1, -0.05) is 71.1 Å². The number of rotatable bonds is 15. The Kier molecular flexibility index (Phi) is 28.3. The Bertz CT molecular complexity index is 2430. The first-order valence-electron chi connectivity index (χ1n) is 30.2. The highest BCUT2D eigenvalue weighted by atomic mass is 16.6. The second kappa shape index (κ2) is 34.2. The number of Topliss-reactive ketones (excluding diaryl/α,β-unsaturated/α-hetero) is 2. The Hall–Kier alpha value is -5.26. The molecule has 0 spiro atoms. The number of hydrogen-bond acceptors (Lipinski definition) is 18. The fourth-order valence-electron chi connectivity index (χ4n) is 11.9. The van der Waals surface area contributed by atoms with E-state index in [4.69, 9.17) is 33.2 Å². The lowest BCUT2D eigenvalue weighted by molar-refractivity contribution is -0.265. The lowest BCUT2D eigenvalue weighted by atomic mass is 9.78. The van der Waals surface area contributed by atoms with Gasteiger partial charge in [-0.2, -0.15) is 0 Å². The number of aliphatic hydroxyl groups excluding tert-OH is 2. The summed E-state index contributed by atoms with van der Waals surface area (Å²) in [4.78, 5) is 91.9. The first-order chi connectivity index (χ1) is 40.0. The number of methoxy groups -OCH3 is 3. The number of amides is 3. The molecule has 4 heterocycles. The standard InChI is InChI=1S/C63H97N5O16/c1-38-17-13-12-14-18-39(2)51(78-9)33-48-22-20-44(7)63(77,84-48)59(73)60(74)68-26-16-15-19-49(68)61(75)82-53(34-52(79-10)40(3)30-43(6)57(71)58(72)56(70)42(5)29-38)41(4)31-46-21-23-50(54(32-46)80-11)83-62(76)64-25-28-81-27-24-55(69)67-37-47-35-65-45(8)66-36-47/h12-14,17-18,30,35-36,38,40-42,44,46,48-54,57-58,71-72,77H,15-16,19-29,31-34,37H2,1-11H3,(H,64,76)(H,67,69)/b14-12?,17-13+,39-18?,43-30+/t38-,40-,41-,42?,44-,46+,48+,49+,50-,51+,52-,53+,54-,57-,58+,63-/m1/s1. The van der Waals surface area contributed by atoms with Gasteiger partial charge in [0.1, 0.15) is 36.3 Å². The number of aliphatic hydroxyl groups is 3. The molecule has 3 fully saturated rings. The van der Waals surface area contributed by atoms with Crippen molar-refractivity contribution >= 4 is 35.4 Å². The van der Waals surface area contributed by atoms with Gasteiger partial charge in [0.25, 0.3) is 11.7 Å². The van der Waals surface area contributed by atoms with E-state index in [-0.39, 0.29) is 69.2 Å². The van der Waals surface area contributed by atoms with Crippen LogP contribution in [0.15, 0.2) is 60.0 Å². The lowest BCUT2D eigenvalue weighted by Gasteiger charge is -2.43. The van der Waals surface area contributed by atoms with Gasteiger partial charge in [0, 0.05) is 95.9 Å². The molecule has 1 aliphatic carbocycles. The van der Waals surface area contributed by atoms with E-state index in [2.05, 4.69) is 20.6 Å². The molecule has 2 saturated heterocycles. The average Bonchev–Trinajstić information content (AvgIpc) is 1.60. The molecule has 1 aromatic heterocycles. The zero-order valence-electron chi connectivity index (χ0n) is 51.5. The van der Waals surface area contributed by atoms with Gasteiger partial charge in [0.15, 0.2) is 5.78 Å². The lowest BCUT2D eigenvalue weighted by Crippen LogP contribution is -2.61. The van der Waals surface area contributed by atoms with Crippen molar-refractivity contribution < 1.29 is 77.2 Å². The summed E-state index contributed by atoms with van der Waals surface area (Å²) in [5.74, 6) is -7.40. The number of alkyl carbamates (subject to hydrolysis) is 1. The number of ketones is 2. The molecule has 3 aliphatic heterocycles. The van der Waals surface area contributed by atoms with Crippen LogP contribution in [-0.4, -0.2) is 174 Å². The minimum absolute atomic E-state index is 0.0384. The van der Waals surface area contributed by atoms with E-state index in [0.29, 0.717) is 82.2 Å². The van der Waals surface area contributed by atoms with Crippen molar-refractivity contribution in [3.05, 3.63) is 71.4 Å². The minimum Gasteiger partial charge on any atom is -0.460 e. The molecule has 5 rings (SSSR count). The van der Waals surface area contributed by atoms with Crippen molar-refractivity contribution in [1.29, 1.82) is 0 Å². The van der Waals surface area contributed by atoms with E-state index >= 15 is 0 Å². The van der Waals surface area contributed by atoms with Crippen molar-refractivity contribution in [2.24, 2.45) is 35.5 Å². The zero-order chi connectivity index (χ0) is 61.7. The van der Waals surface area contributed by atoms with Crippen LogP contribution in [0.1, 0.15) is 143 Å². The molecule has 2 bridgehead atoms. The quantitative estimate of drug-likeness (QED) is 0.0540. The Morgan fingerprint density at radius 2 is 1.54 bits per heavy atom. The van der Waals surface area contributed by atoms with Crippen LogP contribution in [0.3, 0.4) is 0 Å². The second-order valence-corrected chi connectivity index (χ2v) is 23.9. The third-order valence-corrected chi connectivity index (χ3v) is 17.3. The van der Waals surface area contributed by atoms with E-state index in [1.807, 2.05) is 58.1 Å². The molecule has 4 aliphatic rings. The number of cyclic esters (lactones) is 1. The fourth-order valence-corrected chi connectivity index (χ4v) is 11.9. The highest BCUT2D eigenvalue weighted by molar-refractivity contribution is 6.39. The maximum Gasteiger partial charge on any atom is 0.407 e. The van der Waals surface area contributed by atoms with Crippen LogP contribution in [0.5, 0.6) is 0 Å². The molecule has 1 saturated carbocycles. The number of hydrogen-bond donors (Lipinski definition) is 5. The van der Waals surface area contributed by atoms with E-state index in [1.54, 1.807) is 60.4 Å². The number of nitrogens with one attached hydrogen (secondary N) is 2. The summed E-state index contributed by atoms with van der Waals surface area (Å²) >= 11 is 0. The molecule has 21 nitrogen and oxygen atoms in total. The number of fused-ring (bicyclic) bond motifs is 3. The Morgan fingerprint density at radius 3 is 2.24 bits per heavy atom. The summed E-state index contributed by atoms with van der Waals surface area (Å²) in [6.07, 6.45) is 12.7. The molecule has 84 heavy (non-hydrogen) atoms. The number of esters is 1. The van der Waals surface area contributed by atoms with Crippen LogP contribution < -0.4 is 10.6 Å². The number of aromatic nitrogens is 2. The number of ether oxygens (including phenoxy) is 7. The molecule has 1 aromatic rings. The summed E-state index contributed by atoms with van der Waals surface area (Å²) in [6, 6.07) is -1.14. The van der Waals surface area contributed by atoms with E-state index in [9.17, 15) is 44.1 Å². The third kappa shape index (κ3) is 20.4. The normalized spacial score (nSPS) is 33.6. The van der Waals surface area contributed by atoms with Crippen LogP contribution >= 0.6 is 0 Å². The summed E-state index contributed by atoms with van der Waals surface area (Å²) in [5.41, 5.74) is 2.00. The second-order valence-electron chi connectivity index (χ2n) is 23.9. The van der Waals surface area contributed by atoms with Gasteiger partial charge in [0.2, 0.25) is 11.7 Å². The highest BCUT2D eigenvalue weighted by Gasteiger charge is 2.53. The predicted molar refractivity (Wildman–Crippen MR) is 312 cm³/mol. The fraction of sp³-hybridized carbons (Fsp3) is 0.714. The SMILES string of the molecule is CO[C@H]1C[C@@H]2CC[C@@H](C)[C@@](O)(O2)C(=O)C(=O)N2CCCC[C@H]2C(=O)O[C@H]([C@H](C)C[C@@H]2CC[C@@H](OC(=O)NCCOCCC(=O)NCc3cnc(C)nc3)[C@H](OC)C2)C[C@@H](OC)[C@H](C)/C=C(\C)[C@@H](O)[C@@H](O)C(=O)C(C)C[C@H](C)/C=C/C=CC=C1C. The predicted octanol–water partition coefficient (Wildman–Crippen LogP) is 6.53. The molecule has 16 atom stereocenters. The van der Waals surface area contributed by atoms with Crippen LogP contribution in [0.25, 0.3) is 0 Å². The van der Waals surface area contributed by atoms with Crippen molar-refractivity contribution in [2.45, 2.75) is 206 Å². The molecule has 21 heteroatoms. The Balaban J connectivity index is 1.31. The van der Waals surface area contributed by atoms with Gasteiger partial charge in [-0.05, 0) is 114 Å².